The molecule has 0 aliphatic carbocycles. The van der Waals surface area contributed by atoms with Crippen molar-refractivity contribution in [2.24, 2.45) is 0 Å². The number of hydrogen-bond donors (Lipinski definition) is 0. The number of hydrogen-bond acceptors (Lipinski definition) is 1. The Kier molecular flexibility index (Phi) is 4.05. The van der Waals surface area contributed by atoms with Crippen molar-refractivity contribution in [1.82, 2.24) is 4.98 Å². The maximum atomic E-state index is 5.33. The maximum absolute atomic E-state index is 5.33. The Morgan fingerprint density at radius 1 is 1.62 bits per heavy atom. The third kappa shape index (κ3) is 2.91. The molecule has 0 saturated heterocycles. The van der Waals surface area contributed by atoms with Crippen LogP contribution in [0, 0.1) is 12.3 Å². The Labute approximate surface area is 80.2 Å². The molecule has 68 valence electrons. The summed E-state index contributed by atoms with van der Waals surface area (Å²) in [4.78, 5) is 4.10. The zero-order chi connectivity index (χ0) is 9.52. The third-order valence-corrected chi connectivity index (χ3v) is 2.16. The van der Waals surface area contributed by atoms with Gasteiger partial charge in [-0.1, -0.05) is 19.4 Å². The van der Waals surface area contributed by atoms with E-state index in [2.05, 4.69) is 23.9 Å². The first-order valence-electron chi connectivity index (χ1n) is 4.71. The van der Waals surface area contributed by atoms with Crippen LogP contribution < -0.4 is 0 Å². The summed E-state index contributed by atoms with van der Waals surface area (Å²) in [6.45, 7) is 2.18. The number of rotatable bonds is 4. The summed E-state index contributed by atoms with van der Waals surface area (Å²) in [5, 5.41) is 0. The van der Waals surface area contributed by atoms with E-state index in [1.807, 2.05) is 12.3 Å². The van der Waals surface area contributed by atoms with E-state index in [1.165, 1.54) is 12.0 Å². The smallest absolute Gasteiger partial charge is 0.0303 e. The largest absolute Gasteiger partial charge is 0.264 e. The fourth-order valence-corrected chi connectivity index (χ4v) is 1.49. The molecule has 13 heavy (non-hydrogen) atoms. The minimum atomic E-state index is 0.490. The van der Waals surface area contributed by atoms with Gasteiger partial charge in [0, 0.05) is 18.8 Å². The normalized spacial score (nSPS) is 12.0. The van der Waals surface area contributed by atoms with Crippen LogP contribution >= 0.6 is 0 Å². The topological polar surface area (TPSA) is 12.9 Å². The summed E-state index contributed by atoms with van der Waals surface area (Å²) in [6.07, 6.45) is 12.2. The van der Waals surface area contributed by atoms with Gasteiger partial charge in [0.05, 0.1) is 0 Å². The second kappa shape index (κ2) is 5.37. The van der Waals surface area contributed by atoms with E-state index in [1.54, 1.807) is 6.20 Å². The van der Waals surface area contributed by atoms with Crippen molar-refractivity contribution >= 4 is 0 Å². The van der Waals surface area contributed by atoms with Crippen LogP contribution in [0.25, 0.3) is 0 Å². The molecule has 0 N–H and O–H groups in total. The fourth-order valence-electron chi connectivity index (χ4n) is 1.49. The Hall–Kier alpha value is -1.29. The van der Waals surface area contributed by atoms with Crippen molar-refractivity contribution in [2.75, 3.05) is 0 Å². The molecule has 0 saturated carbocycles. The van der Waals surface area contributed by atoms with Gasteiger partial charge in [-0.25, -0.2) is 0 Å². The molecule has 0 spiro atoms. The second-order valence-electron chi connectivity index (χ2n) is 3.18. The van der Waals surface area contributed by atoms with Crippen LogP contribution in [-0.4, -0.2) is 4.98 Å². The summed E-state index contributed by atoms with van der Waals surface area (Å²) in [7, 11) is 0. The molecule has 1 aromatic heterocycles. The molecule has 1 nitrogen and oxygen atoms in total. The van der Waals surface area contributed by atoms with Crippen LogP contribution in [0.3, 0.4) is 0 Å². The summed E-state index contributed by atoms with van der Waals surface area (Å²) >= 11 is 0. The Morgan fingerprint density at radius 2 is 2.46 bits per heavy atom. The average Bonchev–Trinajstić information content (AvgIpc) is 2.19. The molecule has 1 unspecified atom stereocenters. The lowest BCUT2D eigenvalue weighted by Gasteiger charge is -2.12. The molecule has 0 amide bonds. The molecule has 1 aromatic rings. The molecule has 0 fully saturated rings. The average molecular weight is 173 g/mol. The van der Waals surface area contributed by atoms with Crippen molar-refractivity contribution in [3.63, 3.8) is 0 Å². The van der Waals surface area contributed by atoms with Crippen LogP contribution in [-0.2, 0) is 0 Å². The number of aromatic nitrogens is 1. The highest BCUT2D eigenvalue weighted by Crippen LogP contribution is 2.23. The van der Waals surface area contributed by atoms with Gasteiger partial charge in [-0.3, -0.25) is 4.98 Å². The van der Waals surface area contributed by atoms with Gasteiger partial charge in [0.15, 0.2) is 0 Å². The number of terminal acetylenes is 1. The highest BCUT2D eigenvalue weighted by molar-refractivity contribution is 5.16. The zero-order valence-corrected chi connectivity index (χ0v) is 8.03. The fraction of sp³-hybridized carbons (Fsp3) is 0.417. The van der Waals surface area contributed by atoms with Crippen molar-refractivity contribution < 1.29 is 0 Å². The molecule has 1 heteroatoms. The van der Waals surface area contributed by atoms with E-state index in [0.29, 0.717) is 5.92 Å². The first-order chi connectivity index (χ1) is 6.38. The monoisotopic (exact) mass is 173 g/mol. The molecule has 0 aromatic carbocycles. The van der Waals surface area contributed by atoms with Gasteiger partial charge in [0.25, 0.3) is 0 Å². The van der Waals surface area contributed by atoms with Crippen LogP contribution in [0.15, 0.2) is 24.5 Å². The predicted molar refractivity (Wildman–Crippen MR) is 55.3 cm³/mol. The molecule has 1 heterocycles. The maximum Gasteiger partial charge on any atom is 0.0303 e. The third-order valence-electron chi connectivity index (χ3n) is 2.16. The van der Waals surface area contributed by atoms with E-state index in [-0.39, 0.29) is 0 Å². The van der Waals surface area contributed by atoms with E-state index in [0.717, 1.165) is 12.8 Å². The van der Waals surface area contributed by atoms with Crippen molar-refractivity contribution in [3.05, 3.63) is 30.1 Å². The standard InChI is InChI=1S/C12H15N/c1-3-6-11(7-4-2)12-8-5-9-13-10-12/h1,5,8-11H,4,6-7H2,2H3. The molecule has 0 aliphatic rings. The van der Waals surface area contributed by atoms with Gasteiger partial charge in [-0.15, -0.1) is 12.3 Å². The quantitative estimate of drug-likeness (QED) is 0.638. The van der Waals surface area contributed by atoms with Crippen molar-refractivity contribution in [1.29, 1.82) is 0 Å². The lowest BCUT2D eigenvalue weighted by atomic mass is 9.93. The first kappa shape index (κ1) is 9.80. The Morgan fingerprint density at radius 3 is 3.00 bits per heavy atom. The molecular formula is C12H15N. The summed E-state index contributed by atoms with van der Waals surface area (Å²) in [5.74, 6) is 3.21. The summed E-state index contributed by atoms with van der Waals surface area (Å²) in [6, 6.07) is 4.07. The van der Waals surface area contributed by atoms with Crippen molar-refractivity contribution in [2.45, 2.75) is 32.1 Å². The van der Waals surface area contributed by atoms with Crippen LogP contribution in [0.5, 0.6) is 0 Å². The van der Waals surface area contributed by atoms with Crippen LogP contribution in [0.4, 0.5) is 0 Å². The van der Waals surface area contributed by atoms with Crippen molar-refractivity contribution in [3.8, 4) is 12.3 Å². The molecule has 0 aliphatic heterocycles. The van der Waals surface area contributed by atoms with Gasteiger partial charge < -0.3 is 0 Å². The van der Waals surface area contributed by atoms with Gasteiger partial charge >= 0.3 is 0 Å². The van der Waals surface area contributed by atoms with Gasteiger partial charge in [0.2, 0.25) is 0 Å². The van der Waals surface area contributed by atoms with E-state index in [4.69, 9.17) is 6.42 Å². The second-order valence-corrected chi connectivity index (χ2v) is 3.18. The molecule has 1 atom stereocenters. The molecule has 1 rings (SSSR count). The minimum absolute atomic E-state index is 0.490. The lowest BCUT2D eigenvalue weighted by molar-refractivity contribution is 0.626. The van der Waals surface area contributed by atoms with Gasteiger partial charge in [-0.05, 0) is 24.0 Å². The number of nitrogens with zero attached hydrogens (tertiary/aromatic N) is 1. The summed E-state index contributed by atoms with van der Waals surface area (Å²) in [5.41, 5.74) is 1.27. The highest BCUT2D eigenvalue weighted by Gasteiger charge is 2.08. The van der Waals surface area contributed by atoms with E-state index < -0.39 is 0 Å². The molecule has 0 radical (unpaired) electrons. The first-order valence-corrected chi connectivity index (χ1v) is 4.71. The zero-order valence-electron chi connectivity index (χ0n) is 8.03. The highest BCUT2D eigenvalue weighted by atomic mass is 14.6. The Balaban J connectivity index is 2.71. The predicted octanol–water partition coefficient (Wildman–Crippen LogP) is 2.99. The lowest BCUT2D eigenvalue weighted by Crippen LogP contribution is -1.97. The van der Waals surface area contributed by atoms with E-state index >= 15 is 0 Å². The van der Waals surface area contributed by atoms with Crippen LogP contribution in [0.2, 0.25) is 0 Å². The Bertz CT molecular complexity index is 271. The molecule has 0 bridgehead atoms. The SMILES string of the molecule is C#CCC(CCC)c1cccnc1. The molecular weight excluding hydrogens is 158 g/mol. The van der Waals surface area contributed by atoms with E-state index in [9.17, 15) is 0 Å². The van der Waals surface area contributed by atoms with Gasteiger partial charge in [0.1, 0.15) is 0 Å². The minimum Gasteiger partial charge on any atom is -0.264 e. The summed E-state index contributed by atoms with van der Waals surface area (Å²) < 4.78 is 0. The number of pyridine rings is 1. The van der Waals surface area contributed by atoms with Crippen LogP contribution in [0.1, 0.15) is 37.7 Å². The van der Waals surface area contributed by atoms with Gasteiger partial charge in [-0.2, -0.15) is 0 Å².